The highest BCUT2D eigenvalue weighted by molar-refractivity contribution is 9.10. The number of hydrogen-bond acceptors (Lipinski definition) is 1. The van der Waals surface area contributed by atoms with Gasteiger partial charge >= 0.3 is 0 Å². The van der Waals surface area contributed by atoms with Crippen LogP contribution in [0, 0.1) is 19.7 Å². The largest absolute Gasteiger partial charge is 0.310 e. The van der Waals surface area contributed by atoms with Crippen molar-refractivity contribution in [3.05, 3.63) is 68.9 Å². The molecule has 21 heavy (non-hydrogen) atoms. The van der Waals surface area contributed by atoms with E-state index in [1.165, 1.54) is 22.8 Å². The van der Waals surface area contributed by atoms with Crippen LogP contribution in [-0.4, -0.2) is 6.54 Å². The number of likely N-dealkylation sites (N-methyl/N-ethyl adjacent to an activating group) is 1. The molecule has 0 saturated carbocycles. The van der Waals surface area contributed by atoms with Crippen molar-refractivity contribution in [2.24, 2.45) is 0 Å². The van der Waals surface area contributed by atoms with Crippen molar-refractivity contribution in [2.45, 2.75) is 33.2 Å². The van der Waals surface area contributed by atoms with Crippen molar-refractivity contribution in [1.29, 1.82) is 0 Å². The first kappa shape index (κ1) is 16.2. The molecule has 0 saturated heterocycles. The van der Waals surface area contributed by atoms with E-state index in [2.05, 4.69) is 60.2 Å². The molecule has 0 aliphatic rings. The van der Waals surface area contributed by atoms with Gasteiger partial charge in [-0.2, -0.15) is 0 Å². The highest BCUT2D eigenvalue weighted by atomic mass is 79.9. The molecule has 112 valence electrons. The minimum Gasteiger partial charge on any atom is -0.310 e. The molecule has 0 aliphatic heterocycles. The Labute approximate surface area is 134 Å². The van der Waals surface area contributed by atoms with E-state index in [0.717, 1.165) is 16.6 Å². The van der Waals surface area contributed by atoms with Crippen LogP contribution >= 0.6 is 15.9 Å². The van der Waals surface area contributed by atoms with Gasteiger partial charge in [0.15, 0.2) is 0 Å². The van der Waals surface area contributed by atoms with Crippen LogP contribution in [-0.2, 0) is 6.42 Å². The van der Waals surface area contributed by atoms with E-state index in [1.807, 2.05) is 6.07 Å². The minimum absolute atomic E-state index is 0.124. The Bertz CT molecular complexity index is 625. The van der Waals surface area contributed by atoms with Crippen LogP contribution in [0.5, 0.6) is 0 Å². The van der Waals surface area contributed by atoms with Gasteiger partial charge in [0.1, 0.15) is 5.82 Å². The summed E-state index contributed by atoms with van der Waals surface area (Å²) in [7, 11) is 0. The van der Waals surface area contributed by atoms with Gasteiger partial charge in [-0.05, 0) is 67.3 Å². The molecule has 0 bridgehead atoms. The number of rotatable bonds is 5. The SMILES string of the molecule is CCNC(Cc1cc(Br)ccc1F)c1cccc(C)c1C. The van der Waals surface area contributed by atoms with Crippen molar-refractivity contribution in [3.8, 4) is 0 Å². The van der Waals surface area contributed by atoms with E-state index in [0.29, 0.717) is 6.42 Å². The van der Waals surface area contributed by atoms with Crippen LogP contribution in [0.25, 0.3) is 0 Å². The Morgan fingerprint density at radius 3 is 2.67 bits per heavy atom. The van der Waals surface area contributed by atoms with Gasteiger partial charge in [-0.3, -0.25) is 0 Å². The topological polar surface area (TPSA) is 12.0 Å². The lowest BCUT2D eigenvalue weighted by atomic mass is 9.93. The Morgan fingerprint density at radius 1 is 1.19 bits per heavy atom. The molecule has 0 aliphatic carbocycles. The molecule has 0 amide bonds. The smallest absolute Gasteiger partial charge is 0.126 e. The molecular formula is C18H21BrFN. The van der Waals surface area contributed by atoms with Crippen LogP contribution in [0.1, 0.15) is 35.2 Å². The lowest BCUT2D eigenvalue weighted by molar-refractivity contribution is 0.525. The Balaban J connectivity index is 2.35. The molecule has 2 aromatic carbocycles. The van der Waals surface area contributed by atoms with E-state index in [9.17, 15) is 4.39 Å². The zero-order valence-corrected chi connectivity index (χ0v) is 14.3. The molecule has 2 rings (SSSR count). The second kappa shape index (κ2) is 7.19. The van der Waals surface area contributed by atoms with Crippen LogP contribution in [0.3, 0.4) is 0 Å². The molecule has 1 N–H and O–H groups in total. The standard InChI is InChI=1S/C18H21BrFN/c1-4-21-18(16-7-5-6-12(2)13(16)3)11-14-10-15(19)8-9-17(14)20/h5-10,18,21H,4,11H2,1-3H3. The van der Waals surface area contributed by atoms with Crippen LogP contribution in [0.15, 0.2) is 40.9 Å². The van der Waals surface area contributed by atoms with Gasteiger partial charge in [-0.25, -0.2) is 4.39 Å². The molecule has 0 fully saturated rings. The first-order chi connectivity index (χ1) is 10.0. The summed E-state index contributed by atoms with van der Waals surface area (Å²) in [5.41, 5.74) is 4.52. The monoisotopic (exact) mass is 349 g/mol. The summed E-state index contributed by atoms with van der Waals surface area (Å²) in [6.45, 7) is 7.18. The zero-order chi connectivity index (χ0) is 15.4. The van der Waals surface area contributed by atoms with Crippen molar-refractivity contribution >= 4 is 15.9 Å². The summed E-state index contributed by atoms with van der Waals surface area (Å²) in [6, 6.07) is 11.6. The number of hydrogen-bond donors (Lipinski definition) is 1. The normalized spacial score (nSPS) is 12.4. The molecule has 0 spiro atoms. The lowest BCUT2D eigenvalue weighted by Crippen LogP contribution is -2.24. The van der Waals surface area contributed by atoms with Gasteiger partial charge in [0, 0.05) is 10.5 Å². The summed E-state index contributed by atoms with van der Waals surface area (Å²) in [6.07, 6.45) is 0.642. The predicted molar refractivity (Wildman–Crippen MR) is 90.1 cm³/mol. The van der Waals surface area contributed by atoms with Gasteiger partial charge in [-0.15, -0.1) is 0 Å². The third-order valence-electron chi connectivity index (χ3n) is 3.90. The summed E-state index contributed by atoms with van der Waals surface area (Å²) >= 11 is 3.42. The molecule has 0 aromatic heterocycles. The zero-order valence-electron chi connectivity index (χ0n) is 12.7. The van der Waals surface area contributed by atoms with Crippen LogP contribution in [0.4, 0.5) is 4.39 Å². The van der Waals surface area contributed by atoms with Crippen molar-refractivity contribution in [3.63, 3.8) is 0 Å². The van der Waals surface area contributed by atoms with Gasteiger partial charge in [0.2, 0.25) is 0 Å². The molecular weight excluding hydrogens is 329 g/mol. The first-order valence-electron chi connectivity index (χ1n) is 7.26. The lowest BCUT2D eigenvalue weighted by Gasteiger charge is -2.22. The average Bonchev–Trinajstić information content (AvgIpc) is 2.45. The number of nitrogens with one attached hydrogen (secondary N) is 1. The molecule has 2 aromatic rings. The number of benzene rings is 2. The fraction of sp³-hybridized carbons (Fsp3) is 0.333. The fourth-order valence-corrected chi connectivity index (χ4v) is 3.02. The fourth-order valence-electron chi connectivity index (χ4n) is 2.61. The molecule has 0 heterocycles. The second-order valence-electron chi connectivity index (χ2n) is 5.34. The quantitative estimate of drug-likeness (QED) is 0.791. The van der Waals surface area contributed by atoms with E-state index in [-0.39, 0.29) is 11.9 Å². The summed E-state index contributed by atoms with van der Waals surface area (Å²) in [4.78, 5) is 0. The van der Waals surface area contributed by atoms with Gasteiger partial charge < -0.3 is 5.32 Å². The third kappa shape index (κ3) is 3.92. The maximum Gasteiger partial charge on any atom is 0.126 e. The van der Waals surface area contributed by atoms with Crippen molar-refractivity contribution in [2.75, 3.05) is 6.54 Å². The Kier molecular flexibility index (Phi) is 5.54. The Hall–Kier alpha value is -1.19. The first-order valence-corrected chi connectivity index (χ1v) is 8.05. The van der Waals surface area contributed by atoms with E-state index < -0.39 is 0 Å². The van der Waals surface area contributed by atoms with Gasteiger partial charge in [0.05, 0.1) is 0 Å². The highest BCUT2D eigenvalue weighted by Gasteiger charge is 2.16. The summed E-state index contributed by atoms with van der Waals surface area (Å²) in [5.74, 6) is -0.147. The predicted octanol–water partition coefficient (Wildman–Crippen LogP) is 5.10. The number of aryl methyl sites for hydroxylation is 1. The van der Waals surface area contributed by atoms with Gasteiger partial charge in [-0.1, -0.05) is 41.1 Å². The maximum absolute atomic E-state index is 14.0. The van der Waals surface area contributed by atoms with Gasteiger partial charge in [0.25, 0.3) is 0 Å². The second-order valence-corrected chi connectivity index (χ2v) is 6.25. The number of halogens is 2. The molecule has 1 unspecified atom stereocenters. The van der Waals surface area contributed by atoms with Crippen LogP contribution < -0.4 is 5.32 Å². The maximum atomic E-state index is 14.0. The molecule has 0 radical (unpaired) electrons. The molecule has 1 nitrogen and oxygen atoms in total. The Morgan fingerprint density at radius 2 is 1.95 bits per heavy atom. The van der Waals surface area contributed by atoms with E-state index in [1.54, 1.807) is 6.07 Å². The third-order valence-corrected chi connectivity index (χ3v) is 4.40. The van der Waals surface area contributed by atoms with Crippen molar-refractivity contribution < 1.29 is 4.39 Å². The highest BCUT2D eigenvalue weighted by Crippen LogP contribution is 2.26. The average molecular weight is 350 g/mol. The summed E-state index contributed by atoms with van der Waals surface area (Å²) < 4.78 is 14.9. The van der Waals surface area contributed by atoms with E-state index in [4.69, 9.17) is 0 Å². The molecule has 1 atom stereocenters. The molecule has 3 heteroatoms. The van der Waals surface area contributed by atoms with Crippen LogP contribution in [0.2, 0.25) is 0 Å². The van der Waals surface area contributed by atoms with Crippen molar-refractivity contribution in [1.82, 2.24) is 5.32 Å². The van der Waals surface area contributed by atoms with E-state index >= 15 is 0 Å². The minimum atomic E-state index is -0.147. The summed E-state index contributed by atoms with van der Waals surface area (Å²) in [5, 5.41) is 3.48.